The average molecular weight is 1730 g/mol. The molecule has 90 heavy (non-hydrogen) atoms. The van der Waals surface area contributed by atoms with Crippen LogP contribution in [0.15, 0.2) is 0 Å². The van der Waals surface area contributed by atoms with Gasteiger partial charge in [0.15, 0.2) is 0 Å². The summed E-state index contributed by atoms with van der Waals surface area (Å²) in [4.78, 5) is 9.22. The Kier molecular flexibility index (Phi) is 120. The van der Waals surface area contributed by atoms with Crippen molar-refractivity contribution >= 4 is 171 Å². The third-order valence-corrected chi connectivity index (χ3v) is 19.3. The second-order valence-electron chi connectivity index (χ2n) is 24.0. The first kappa shape index (κ1) is 117. The molecule has 0 saturated heterocycles. The number of hydrogen-bond acceptors (Lipinski definition) is 11. The molecule has 536 valence electrons. The normalized spacial score (nSPS) is 12.6. The van der Waals surface area contributed by atoms with Crippen LogP contribution < -0.4 is 0 Å². The van der Waals surface area contributed by atoms with Crippen molar-refractivity contribution in [2.45, 2.75) is 316 Å². The minimum absolute atomic E-state index is 0. The Morgan fingerprint density at radius 3 is 0.389 bits per heavy atom. The van der Waals surface area contributed by atoms with Gasteiger partial charge in [0.2, 0.25) is 0 Å². The fourth-order valence-corrected chi connectivity index (χ4v) is 11.9. The molecule has 0 spiro atoms. The maximum atomic E-state index is 8.26. The van der Waals surface area contributed by atoms with Crippen molar-refractivity contribution in [2.24, 2.45) is 47.3 Å². The van der Waals surface area contributed by atoms with Gasteiger partial charge in [0.1, 0.15) is 0 Å². The standard InChI is InChI=1S/4C17H35NS2.3Mo.3O.4S/c4*1-5-9-11-15(7-3)13-18(17(19)20)14-16(8-4)12-10-6-2;;;;;;;;;;/h4*15-16H,5-14H2,1-4H3,(H,19,20);;;;;;;;;;/q;;;;3*+4;;;;4*-2/p-4. The van der Waals surface area contributed by atoms with E-state index in [1.54, 1.807) is 0 Å². The molecule has 0 fully saturated rings. The van der Waals surface area contributed by atoms with Gasteiger partial charge in [0.05, 0.1) is 0 Å². The van der Waals surface area contributed by atoms with Gasteiger partial charge in [-0.2, -0.15) is 0 Å². The van der Waals surface area contributed by atoms with Crippen LogP contribution in [0.1, 0.15) is 316 Å². The largest absolute Gasteiger partial charge is 2.00 e. The van der Waals surface area contributed by atoms with Gasteiger partial charge in [0, 0.05) is 52.4 Å². The van der Waals surface area contributed by atoms with Crippen molar-refractivity contribution in [3.63, 3.8) is 0 Å². The van der Waals surface area contributed by atoms with Crippen LogP contribution in [0.3, 0.4) is 0 Å². The van der Waals surface area contributed by atoms with Gasteiger partial charge in [-0.3, -0.25) is 0 Å². The van der Waals surface area contributed by atoms with Crippen LogP contribution in [0.5, 0.6) is 0 Å². The first-order chi connectivity index (χ1) is 41.3. The van der Waals surface area contributed by atoms with Crippen LogP contribution in [0.25, 0.3) is 0 Å². The fraction of sp³-hybridized carbons (Fsp3) is 0.941. The molecule has 8 unspecified atom stereocenters. The molecule has 0 aromatic rings. The summed E-state index contributed by atoms with van der Waals surface area (Å²) < 4.78 is 27.5. The summed E-state index contributed by atoms with van der Waals surface area (Å²) in [7, 11) is 0. The van der Waals surface area contributed by atoms with Crippen molar-refractivity contribution in [3.8, 4) is 0 Å². The quantitative estimate of drug-likeness (QED) is 0.0330. The van der Waals surface area contributed by atoms with E-state index in [1.165, 1.54) is 205 Å². The monoisotopic (exact) mass is 1730 g/mol. The second-order valence-corrected chi connectivity index (χ2v) is 28.1. The zero-order valence-electron chi connectivity index (χ0n) is 60.0. The molecule has 0 aromatic heterocycles. The molecule has 22 heteroatoms. The van der Waals surface area contributed by atoms with Crippen LogP contribution in [-0.2, 0) is 174 Å². The number of nitrogens with zero attached hydrogens (tertiary/aromatic N) is 4. The van der Waals surface area contributed by atoms with Gasteiger partial charge in [-0.1, -0.05) is 282 Å². The van der Waals surface area contributed by atoms with Gasteiger partial charge in [-0.25, -0.2) is 0 Å². The summed E-state index contributed by atoms with van der Waals surface area (Å²) in [6.45, 7) is 45.0. The van der Waals surface area contributed by atoms with Gasteiger partial charge < -0.3 is 173 Å². The molecule has 0 radical (unpaired) electrons. The van der Waals surface area contributed by atoms with E-state index >= 15 is 0 Å². The molecule has 0 bridgehead atoms. The summed E-state index contributed by atoms with van der Waals surface area (Å²) >= 11 is 44.6. The minimum atomic E-state index is 0. The van der Waals surface area contributed by atoms with E-state index < -0.39 is 0 Å². The number of unbranched alkanes of at least 4 members (excludes halogenated alkanes) is 8. The summed E-state index contributed by atoms with van der Waals surface area (Å²) in [5.74, 6) is 6.00. The molecule has 0 saturated carbocycles. The predicted octanol–water partition coefficient (Wildman–Crippen LogP) is 21.8. The van der Waals surface area contributed by atoms with E-state index in [0.29, 0.717) is 76.6 Å². The van der Waals surface area contributed by atoms with E-state index in [2.05, 4.69) is 130 Å². The number of thiocarbonyl (C=S) groups is 4. The van der Waals surface area contributed by atoms with E-state index in [1.807, 2.05) is 0 Å². The Hall–Kier alpha value is 3.30. The van der Waals surface area contributed by atoms with Crippen LogP contribution in [0.2, 0.25) is 0 Å². The zero-order valence-corrected chi connectivity index (χ0v) is 75.9. The van der Waals surface area contributed by atoms with Gasteiger partial charge in [0.25, 0.3) is 0 Å². The van der Waals surface area contributed by atoms with Crippen molar-refractivity contribution in [3.05, 3.63) is 0 Å². The van der Waals surface area contributed by atoms with Crippen LogP contribution in [0.4, 0.5) is 0 Å². The Bertz CT molecular complexity index is 1190. The van der Waals surface area contributed by atoms with E-state index in [4.69, 9.17) is 110 Å². The van der Waals surface area contributed by atoms with E-state index in [0.717, 1.165) is 99.7 Å². The molecule has 7 nitrogen and oxygen atoms in total. The molecule has 0 aliphatic heterocycles. The maximum Gasteiger partial charge on any atom is -2.00 e. The van der Waals surface area contributed by atoms with Gasteiger partial charge in [-0.05, 0) is 98.7 Å². The minimum Gasteiger partial charge on any atom is -2.00 e. The fourth-order valence-electron chi connectivity index (χ4n) is 10.7. The molecule has 0 aromatic carbocycles. The summed E-state index contributed by atoms with van der Waals surface area (Å²) in [5.41, 5.74) is 0. The molecule has 0 rings (SSSR count). The van der Waals surface area contributed by atoms with Crippen LogP contribution >= 0.6 is 48.9 Å². The maximum absolute atomic E-state index is 8.26. The topological polar surface area (TPSA) is 64.2 Å². The Morgan fingerprint density at radius 2 is 0.333 bits per heavy atom. The first-order valence-electron chi connectivity index (χ1n) is 34.7. The first-order valence-corrected chi connectivity index (χ1v) is 40.4. The molecular weight excluding hydrogens is 1590 g/mol. The SMILES string of the molecule is CCCCC(CC)CN(CC(CC)CCCC)C(=S)[S-].CCCCC(CC)CN(CC(CC)CCCC)C(=S)[S-].CCCCC(CC)CN(CC(CC)CCCC)C(=S)[S-].CCCCC(CC)CN(CC(CC)CCCC)C(=S)[S-].[O]=[Mo+4].[O]=[Mo+4].[O]=[Mo+4].[S-2].[S-2].[S-2].[S-2]. The van der Waals surface area contributed by atoms with Crippen molar-refractivity contribution in [2.75, 3.05) is 52.4 Å². The second kappa shape index (κ2) is 92.3. The van der Waals surface area contributed by atoms with Crippen molar-refractivity contribution in [1.29, 1.82) is 0 Å². The molecule has 0 heterocycles. The third-order valence-electron chi connectivity index (χ3n) is 17.2. The van der Waals surface area contributed by atoms with Gasteiger partial charge in [-0.15, -0.1) is 0 Å². The Labute approximate surface area is 668 Å². The molecule has 0 amide bonds. The molecule has 0 aliphatic rings. The van der Waals surface area contributed by atoms with E-state index in [9.17, 15) is 0 Å². The molecule has 0 aliphatic carbocycles. The molecular formula is C68H136Mo3N4O3S12. The van der Waals surface area contributed by atoms with Crippen LogP contribution in [0, 0.1) is 47.3 Å². The van der Waals surface area contributed by atoms with Crippen LogP contribution in [-0.4, -0.2) is 89.2 Å². The predicted molar refractivity (Wildman–Crippen MR) is 424 cm³/mol. The Morgan fingerprint density at radius 1 is 0.244 bits per heavy atom. The summed E-state index contributed by atoms with van der Waals surface area (Å²) in [6.07, 6.45) is 41.2. The third kappa shape index (κ3) is 75.5. The number of hydrogen-bond donors (Lipinski definition) is 0. The molecule has 8 atom stereocenters. The average Bonchev–Trinajstić information content (AvgIpc) is 3.73. The van der Waals surface area contributed by atoms with Gasteiger partial charge >= 0.3 is 69.5 Å². The number of rotatable bonds is 48. The smallest absolute Gasteiger partial charge is 2.00 e. The molecule has 0 N–H and O–H groups in total. The van der Waals surface area contributed by atoms with E-state index in [-0.39, 0.29) is 54.0 Å². The van der Waals surface area contributed by atoms with Crippen molar-refractivity contribution < 1.29 is 69.5 Å². The summed E-state index contributed by atoms with van der Waals surface area (Å²) in [6, 6.07) is 0. The summed E-state index contributed by atoms with van der Waals surface area (Å²) in [5, 5.41) is 0. The van der Waals surface area contributed by atoms with Crippen molar-refractivity contribution in [1.82, 2.24) is 19.6 Å². The Balaban J connectivity index is -0.0000000983. The zero-order chi connectivity index (χ0) is 67.5.